The second-order valence-corrected chi connectivity index (χ2v) is 4.70. The monoisotopic (exact) mass is 314 g/mol. The van der Waals surface area contributed by atoms with E-state index in [9.17, 15) is 9.90 Å². The highest BCUT2D eigenvalue weighted by molar-refractivity contribution is 6.10. The maximum absolute atomic E-state index is 12.5. The van der Waals surface area contributed by atoms with E-state index in [4.69, 9.17) is 14.2 Å². The molecule has 0 atom stereocenters. The molecule has 0 radical (unpaired) electrons. The first kappa shape index (κ1) is 16.4. The van der Waals surface area contributed by atoms with Gasteiger partial charge in [-0.1, -0.05) is 18.2 Å². The van der Waals surface area contributed by atoms with Crippen LogP contribution in [0.2, 0.25) is 0 Å². The number of carbonyl (C=O) groups is 1. The van der Waals surface area contributed by atoms with Crippen LogP contribution in [0, 0.1) is 0 Å². The minimum atomic E-state index is -0.255. The first-order chi connectivity index (χ1) is 11.1. The summed E-state index contributed by atoms with van der Waals surface area (Å²) in [5, 5.41) is 9.26. The molecule has 0 saturated heterocycles. The van der Waals surface area contributed by atoms with Crippen LogP contribution in [0.1, 0.15) is 15.9 Å². The van der Waals surface area contributed by atoms with Crippen LogP contribution in [-0.2, 0) is 0 Å². The summed E-state index contributed by atoms with van der Waals surface area (Å²) in [7, 11) is 4.49. The van der Waals surface area contributed by atoms with Crippen molar-refractivity contribution in [3.8, 4) is 23.0 Å². The van der Waals surface area contributed by atoms with Gasteiger partial charge in [0.1, 0.15) is 28.6 Å². The van der Waals surface area contributed by atoms with Crippen LogP contribution in [0.15, 0.2) is 42.5 Å². The molecule has 2 aromatic carbocycles. The van der Waals surface area contributed by atoms with Crippen LogP contribution in [0.3, 0.4) is 0 Å². The quantitative estimate of drug-likeness (QED) is 0.654. The van der Waals surface area contributed by atoms with Gasteiger partial charge in [-0.15, -0.1) is 0 Å². The van der Waals surface area contributed by atoms with E-state index in [0.29, 0.717) is 22.8 Å². The van der Waals surface area contributed by atoms with Gasteiger partial charge in [0.2, 0.25) is 0 Å². The average Bonchev–Trinajstić information content (AvgIpc) is 2.59. The molecule has 2 rings (SSSR count). The number of phenols is 1. The van der Waals surface area contributed by atoms with E-state index >= 15 is 0 Å². The normalized spacial score (nSPS) is 10.6. The van der Waals surface area contributed by atoms with Crippen molar-refractivity contribution in [3.05, 3.63) is 53.6 Å². The molecule has 23 heavy (non-hydrogen) atoms. The summed E-state index contributed by atoms with van der Waals surface area (Å²) in [6, 6.07) is 9.79. The Labute approximate surface area is 134 Å². The zero-order chi connectivity index (χ0) is 16.8. The highest BCUT2D eigenvalue weighted by Crippen LogP contribution is 2.34. The Morgan fingerprint density at radius 1 is 0.957 bits per heavy atom. The van der Waals surface area contributed by atoms with Crippen LogP contribution in [0.4, 0.5) is 0 Å². The lowest BCUT2D eigenvalue weighted by atomic mass is 10.1. The van der Waals surface area contributed by atoms with Crippen LogP contribution >= 0.6 is 0 Å². The Morgan fingerprint density at radius 2 is 1.52 bits per heavy atom. The maximum atomic E-state index is 12.5. The summed E-state index contributed by atoms with van der Waals surface area (Å²) < 4.78 is 15.7. The molecule has 0 unspecified atom stereocenters. The fraction of sp³-hybridized carbons (Fsp3) is 0.167. The number of ketones is 1. The number of carbonyl (C=O) groups excluding carboxylic acids is 1. The fourth-order valence-corrected chi connectivity index (χ4v) is 2.09. The van der Waals surface area contributed by atoms with E-state index in [1.54, 1.807) is 42.5 Å². The van der Waals surface area contributed by atoms with Crippen LogP contribution in [0.25, 0.3) is 6.08 Å². The number of allylic oxidation sites excluding steroid dienone is 1. The summed E-state index contributed by atoms with van der Waals surface area (Å²) >= 11 is 0. The molecule has 5 heteroatoms. The van der Waals surface area contributed by atoms with E-state index in [0.717, 1.165) is 5.56 Å². The van der Waals surface area contributed by atoms with Crippen molar-refractivity contribution in [1.82, 2.24) is 0 Å². The average molecular weight is 314 g/mol. The van der Waals surface area contributed by atoms with Gasteiger partial charge in [-0.25, -0.2) is 0 Å². The Bertz CT molecular complexity index is 692. The topological polar surface area (TPSA) is 65.0 Å². The molecule has 0 aromatic heterocycles. The summed E-state index contributed by atoms with van der Waals surface area (Å²) in [5.41, 5.74) is 1.12. The van der Waals surface area contributed by atoms with Gasteiger partial charge in [-0.2, -0.15) is 0 Å². The molecule has 0 aliphatic rings. The van der Waals surface area contributed by atoms with E-state index in [2.05, 4.69) is 0 Å². The zero-order valence-electron chi connectivity index (χ0n) is 13.2. The molecular formula is C18H18O5. The summed E-state index contributed by atoms with van der Waals surface area (Å²) in [6.07, 6.45) is 3.09. The van der Waals surface area contributed by atoms with Crippen molar-refractivity contribution in [2.24, 2.45) is 0 Å². The SMILES string of the molecule is COc1cc(OC)c(C(=O)C=Cc2ccc(O)cc2)c(OC)c1. The molecule has 0 bridgehead atoms. The van der Waals surface area contributed by atoms with Crippen LogP contribution in [0.5, 0.6) is 23.0 Å². The third kappa shape index (κ3) is 3.83. The third-order valence-corrected chi connectivity index (χ3v) is 3.28. The molecule has 0 saturated carbocycles. The van der Waals surface area contributed by atoms with Crippen molar-refractivity contribution < 1.29 is 24.1 Å². The number of benzene rings is 2. The van der Waals surface area contributed by atoms with E-state index in [-0.39, 0.29) is 11.5 Å². The molecule has 0 heterocycles. The number of hydrogen-bond acceptors (Lipinski definition) is 5. The number of rotatable bonds is 6. The molecular weight excluding hydrogens is 296 g/mol. The van der Waals surface area contributed by atoms with Gasteiger partial charge in [0.25, 0.3) is 0 Å². The highest BCUT2D eigenvalue weighted by Gasteiger charge is 2.18. The van der Waals surface area contributed by atoms with E-state index in [1.165, 1.54) is 27.4 Å². The molecule has 120 valence electrons. The molecule has 0 amide bonds. The molecule has 0 aliphatic carbocycles. The fourth-order valence-electron chi connectivity index (χ4n) is 2.09. The lowest BCUT2D eigenvalue weighted by molar-refractivity contribution is 0.104. The van der Waals surface area contributed by atoms with Gasteiger partial charge in [0, 0.05) is 12.1 Å². The standard InChI is InChI=1S/C18H18O5/c1-21-14-10-16(22-2)18(17(11-14)23-3)15(20)9-6-12-4-7-13(19)8-5-12/h4-11,19H,1-3H3. The third-order valence-electron chi connectivity index (χ3n) is 3.28. The maximum Gasteiger partial charge on any atom is 0.193 e. The number of aromatic hydroxyl groups is 1. The van der Waals surface area contributed by atoms with Gasteiger partial charge in [0.05, 0.1) is 21.3 Å². The lowest BCUT2D eigenvalue weighted by Gasteiger charge is -2.13. The van der Waals surface area contributed by atoms with E-state index < -0.39 is 0 Å². The van der Waals surface area contributed by atoms with Gasteiger partial charge in [-0.05, 0) is 23.8 Å². The highest BCUT2D eigenvalue weighted by atomic mass is 16.5. The van der Waals surface area contributed by atoms with Crippen molar-refractivity contribution >= 4 is 11.9 Å². The van der Waals surface area contributed by atoms with Crippen molar-refractivity contribution in [2.45, 2.75) is 0 Å². The summed E-state index contributed by atoms with van der Waals surface area (Å²) in [6.45, 7) is 0. The van der Waals surface area contributed by atoms with Crippen LogP contribution < -0.4 is 14.2 Å². The largest absolute Gasteiger partial charge is 0.508 e. The second-order valence-electron chi connectivity index (χ2n) is 4.70. The number of phenolic OH excluding ortho intramolecular Hbond substituents is 1. The molecule has 1 N–H and O–H groups in total. The second kappa shape index (κ2) is 7.35. The number of methoxy groups -OCH3 is 3. The van der Waals surface area contributed by atoms with Gasteiger partial charge < -0.3 is 19.3 Å². The zero-order valence-corrected chi connectivity index (χ0v) is 13.2. The number of hydrogen-bond donors (Lipinski definition) is 1. The predicted molar refractivity (Wildman–Crippen MR) is 87.6 cm³/mol. The minimum absolute atomic E-state index is 0.173. The van der Waals surface area contributed by atoms with Gasteiger partial charge in [0.15, 0.2) is 5.78 Å². The Kier molecular flexibility index (Phi) is 5.25. The van der Waals surface area contributed by atoms with Crippen molar-refractivity contribution in [2.75, 3.05) is 21.3 Å². The molecule has 0 spiro atoms. The predicted octanol–water partition coefficient (Wildman–Crippen LogP) is 3.31. The lowest BCUT2D eigenvalue weighted by Crippen LogP contribution is -2.03. The molecule has 5 nitrogen and oxygen atoms in total. The Balaban J connectivity index is 2.36. The van der Waals surface area contributed by atoms with Gasteiger partial charge in [-0.3, -0.25) is 4.79 Å². The smallest absolute Gasteiger partial charge is 0.193 e. The van der Waals surface area contributed by atoms with Crippen molar-refractivity contribution in [1.29, 1.82) is 0 Å². The summed E-state index contributed by atoms with van der Waals surface area (Å²) in [5.74, 6) is 1.21. The van der Waals surface area contributed by atoms with E-state index in [1.807, 2.05) is 0 Å². The first-order valence-corrected chi connectivity index (χ1v) is 6.90. The minimum Gasteiger partial charge on any atom is -0.508 e. The number of ether oxygens (including phenoxy) is 3. The van der Waals surface area contributed by atoms with Crippen LogP contribution in [-0.4, -0.2) is 32.2 Å². The van der Waals surface area contributed by atoms with Crippen molar-refractivity contribution in [3.63, 3.8) is 0 Å². The molecule has 0 aliphatic heterocycles. The first-order valence-electron chi connectivity index (χ1n) is 6.90. The van der Waals surface area contributed by atoms with Gasteiger partial charge >= 0.3 is 0 Å². The molecule has 2 aromatic rings. The molecule has 0 fully saturated rings. The summed E-state index contributed by atoms with van der Waals surface area (Å²) in [4.78, 5) is 12.5. The Hall–Kier alpha value is -2.95. The Morgan fingerprint density at radius 3 is 2.00 bits per heavy atom.